The first-order valence-electron chi connectivity index (χ1n) is 5.95. The molecule has 1 saturated carbocycles. The van der Waals surface area contributed by atoms with Crippen molar-refractivity contribution in [2.45, 2.75) is 39.0 Å². The molecule has 1 aliphatic rings. The van der Waals surface area contributed by atoms with Gasteiger partial charge in [0, 0.05) is 29.8 Å². The van der Waals surface area contributed by atoms with Crippen molar-refractivity contribution in [1.82, 2.24) is 10.3 Å². The molecule has 17 heavy (non-hydrogen) atoms. The third-order valence-corrected chi connectivity index (χ3v) is 3.80. The summed E-state index contributed by atoms with van der Waals surface area (Å²) >= 11 is 0. The standard InChI is InChI=1S/C13H20N2O2/c1-13(2)10(7-11(13)16)15-8-9-5-4-6-14-12(9)17-3/h4-6,10-11,15-16H,7-8H2,1-3H3. The van der Waals surface area contributed by atoms with Crippen LogP contribution in [0.4, 0.5) is 0 Å². The average molecular weight is 236 g/mol. The van der Waals surface area contributed by atoms with Crippen molar-refractivity contribution in [3.8, 4) is 5.88 Å². The second kappa shape index (κ2) is 4.63. The van der Waals surface area contributed by atoms with Crippen LogP contribution in [0.5, 0.6) is 5.88 Å². The summed E-state index contributed by atoms with van der Waals surface area (Å²) in [5, 5.41) is 13.1. The molecule has 2 N–H and O–H groups in total. The summed E-state index contributed by atoms with van der Waals surface area (Å²) in [6.07, 6.45) is 2.34. The van der Waals surface area contributed by atoms with Crippen LogP contribution in [-0.2, 0) is 6.54 Å². The van der Waals surface area contributed by atoms with E-state index in [1.807, 2.05) is 12.1 Å². The molecule has 0 aromatic carbocycles. The van der Waals surface area contributed by atoms with Crippen molar-refractivity contribution in [2.75, 3.05) is 7.11 Å². The first-order valence-corrected chi connectivity index (χ1v) is 5.95. The van der Waals surface area contributed by atoms with Crippen LogP contribution < -0.4 is 10.1 Å². The van der Waals surface area contributed by atoms with Gasteiger partial charge in [0.25, 0.3) is 0 Å². The predicted octanol–water partition coefficient (Wildman–Crippen LogP) is 1.34. The Balaban J connectivity index is 1.95. The van der Waals surface area contributed by atoms with Gasteiger partial charge in [0.05, 0.1) is 13.2 Å². The molecule has 0 saturated heterocycles. The second-order valence-corrected chi connectivity index (χ2v) is 5.18. The lowest BCUT2D eigenvalue weighted by atomic mass is 9.64. The van der Waals surface area contributed by atoms with Crippen LogP contribution in [-0.4, -0.2) is 29.3 Å². The first-order chi connectivity index (χ1) is 8.05. The van der Waals surface area contributed by atoms with Crippen LogP contribution in [0.3, 0.4) is 0 Å². The van der Waals surface area contributed by atoms with Crippen LogP contribution in [0, 0.1) is 5.41 Å². The van der Waals surface area contributed by atoms with Crippen molar-refractivity contribution < 1.29 is 9.84 Å². The summed E-state index contributed by atoms with van der Waals surface area (Å²) in [5.41, 5.74) is 1.00. The summed E-state index contributed by atoms with van der Waals surface area (Å²) in [7, 11) is 1.63. The SMILES string of the molecule is COc1ncccc1CNC1CC(O)C1(C)C. The highest BCUT2D eigenvalue weighted by Crippen LogP contribution is 2.40. The second-order valence-electron chi connectivity index (χ2n) is 5.18. The lowest BCUT2D eigenvalue weighted by Gasteiger charge is -2.49. The minimum Gasteiger partial charge on any atom is -0.481 e. The van der Waals surface area contributed by atoms with Crippen LogP contribution in [0.1, 0.15) is 25.8 Å². The van der Waals surface area contributed by atoms with Crippen LogP contribution in [0.25, 0.3) is 0 Å². The van der Waals surface area contributed by atoms with E-state index in [1.165, 1.54) is 0 Å². The molecule has 4 heteroatoms. The molecular formula is C13H20N2O2. The molecule has 0 aliphatic heterocycles. The van der Waals surface area contributed by atoms with Gasteiger partial charge in [-0.2, -0.15) is 0 Å². The fourth-order valence-corrected chi connectivity index (χ4v) is 2.22. The summed E-state index contributed by atoms with van der Waals surface area (Å²) in [6, 6.07) is 4.25. The number of nitrogens with zero attached hydrogens (tertiary/aromatic N) is 1. The van der Waals surface area contributed by atoms with E-state index in [1.54, 1.807) is 13.3 Å². The Morgan fingerprint density at radius 3 is 2.94 bits per heavy atom. The van der Waals surface area contributed by atoms with Gasteiger partial charge in [0.2, 0.25) is 5.88 Å². The fraction of sp³-hybridized carbons (Fsp3) is 0.615. The highest BCUT2D eigenvalue weighted by atomic mass is 16.5. The number of aliphatic hydroxyl groups is 1. The highest BCUT2D eigenvalue weighted by molar-refractivity contribution is 5.25. The van der Waals surface area contributed by atoms with Crippen molar-refractivity contribution in [3.05, 3.63) is 23.9 Å². The van der Waals surface area contributed by atoms with Crippen LogP contribution in [0.2, 0.25) is 0 Å². The molecule has 0 radical (unpaired) electrons. The molecule has 1 aromatic heterocycles. The van der Waals surface area contributed by atoms with Gasteiger partial charge in [0.15, 0.2) is 0 Å². The van der Waals surface area contributed by atoms with E-state index < -0.39 is 0 Å². The Hall–Kier alpha value is -1.13. The molecule has 1 aromatic rings. The number of aromatic nitrogens is 1. The molecule has 0 spiro atoms. The van der Waals surface area contributed by atoms with Crippen molar-refractivity contribution in [3.63, 3.8) is 0 Å². The number of aliphatic hydroxyl groups excluding tert-OH is 1. The molecule has 2 unspecified atom stereocenters. The molecule has 2 rings (SSSR count). The van der Waals surface area contributed by atoms with Gasteiger partial charge in [-0.25, -0.2) is 4.98 Å². The lowest BCUT2D eigenvalue weighted by molar-refractivity contribution is -0.0730. The monoisotopic (exact) mass is 236 g/mol. The molecular weight excluding hydrogens is 216 g/mol. The van der Waals surface area contributed by atoms with E-state index >= 15 is 0 Å². The molecule has 1 aliphatic carbocycles. The number of pyridine rings is 1. The van der Waals surface area contributed by atoms with Gasteiger partial charge in [-0.3, -0.25) is 0 Å². The molecule has 0 amide bonds. The number of ether oxygens (including phenoxy) is 1. The first kappa shape index (κ1) is 12.3. The molecule has 1 heterocycles. The number of nitrogens with one attached hydrogen (secondary N) is 1. The average Bonchev–Trinajstić information content (AvgIpc) is 2.34. The largest absolute Gasteiger partial charge is 0.481 e. The van der Waals surface area contributed by atoms with Crippen molar-refractivity contribution in [2.24, 2.45) is 5.41 Å². The molecule has 94 valence electrons. The van der Waals surface area contributed by atoms with Gasteiger partial charge in [-0.05, 0) is 12.5 Å². The topological polar surface area (TPSA) is 54.4 Å². The van der Waals surface area contributed by atoms with Gasteiger partial charge in [0.1, 0.15) is 0 Å². The normalized spacial score (nSPS) is 26.4. The lowest BCUT2D eigenvalue weighted by Crippen LogP contribution is -2.59. The predicted molar refractivity (Wildman–Crippen MR) is 65.8 cm³/mol. The Bertz CT molecular complexity index is 393. The van der Waals surface area contributed by atoms with Crippen molar-refractivity contribution >= 4 is 0 Å². The Labute approximate surface area is 102 Å². The van der Waals surface area contributed by atoms with E-state index in [0.29, 0.717) is 11.9 Å². The van der Waals surface area contributed by atoms with Crippen LogP contribution in [0.15, 0.2) is 18.3 Å². The summed E-state index contributed by atoms with van der Waals surface area (Å²) in [4.78, 5) is 4.16. The van der Waals surface area contributed by atoms with E-state index in [4.69, 9.17) is 4.74 Å². The van der Waals surface area contributed by atoms with Gasteiger partial charge in [-0.15, -0.1) is 0 Å². The van der Waals surface area contributed by atoms with E-state index in [9.17, 15) is 5.11 Å². The number of hydrogen-bond acceptors (Lipinski definition) is 4. The maximum Gasteiger partial charge on any atom is 0.217 e. The highest BCUT2D eigenvalue weighted by Gasteiger charge is 2.46. The third kappa shape index (κ3) is 2.28. The molecule has 2 atom stereocenters. The van der Waals surface area contributed by atoms with Gasteiger partial charge in [-0.1, -0.05) is 19.9 Å². The fourth-order valence-electron chi connectivity index (χ4n) is 2.22. The van der Waals surface area contributed by atoms with Crippen molar-refractivity contribution in [1.29, 1.82) is 0 Å². The number of rotatable bonds is 4. The Kier molecular flexibility index (Phi) is 3.35. The summed E-state index contributed by atoms with van der Waals surface area (Å²) < 4.78 is 5.20. The quantitative estimate of drug-likeness (QED) is 0.828. The smallest absolute Gasteiger partial charge is 0.217 e. The molecule has 4 nitrogen and oxygen atoms in total. The summed E-state index contributed by atoms with van der Waals surface area (Å²) in [6.45, 7) is 4.89. The number of hydrogen-bond donors (Lipinski definition) is 2. The van der Waals surface area contributed by atoms with Crippen LogP contribution >= 0.6 is 0 Å². The molecule has 0 bridgehead atoms. The van der Waals surface area contributed by atoms with Gasteiger partial charge < -0.3 is 15.2 Å². The summed E-state index contributed by atoms with van der Waals surface area (Å²) in [5.74, 6) is 0.665. The Morgan fingerprint density at radius 2 is 2.35 bits per heavy atom. The Morgan fingerprint density at radius 1 is 1.59 bits per heavy atom. The van der Waals surface area contributed by atoms with E-state index in [2.05, 4.69) is 24.1 Å². The minimum atomic E-state index is -0.198. The van der Waals surface area contributed by atoms with E-state index in [0.717, 1.165) is 18.5 Å². The maximum absolute atomic E-state index is 9.67. The maximum atomic E-state index is 9.67. The zero-order valence-corrected chi connectivity index (χ0v) is 10.6. The molecule has 1 fully saturated rings. The minimum absolute atomic E-state index is 0.0462. The van der Waals surface area contributed by atoms with Gasteiger partial charge >= 0.3 is 0 Å². The zero-order valence-electron chi connectivity index (χ0n) is 10.6. The number of methoxy groups -OCH3 is 1. The third-order valence-electron chi connectivity index (χ3n) is 3.80. The zero-order chi connectivity index (χ0) is 12.5. The van der Waals surface area contributed by atoms with E-state index in [-0.39, 0.29) is 11.5 Å².